The zero-order valence-electron chi connectivity index (χ0n) is 15.5. The Morgan fingerprint density at radius 2 is 1.80 bits per heavy atom. The highest BCUT2D eigenvalue weighted by molar-refractivity contribution is 6.09. The second kappa shape index (κ2) is 7.34. The maximum Gasteiger partial charge on any atom is 0.325 e. The van der Waals surface area contributed by atoms with E-state index in [0.29, 0.717) is 24.7 Å². The minimum atomic E-state index is -0.763. The van der Waals surface area contributed by atoms with Gasteiger partial charge in [-0.3, -0.25) is 14.5 Å². The van der Waals surface area contributed by atoms with Gasteiger partial charge in [0.1, 0.15) is 12.1 Å². The molecule has 1 saturated heterocycles. The van der Waals surface area contributed by atoms with Crippen LogP contribution >= 0.6 is 0 Å². The van der Waals surface area contributed by atoms with Gasteiger partial charge in [-0.15, -0.1) is 0 Å². The maximum atomic E-state index is 12.9. The van der Waals surface area contributed by atoms with Gasteiger partial charge >= 0.3 is 6.03 Å². The molecule has 3 atom stereocenters. The van der Waals surface area contributed by atoms with Crippen molar-refractivity contribution in [1.82, 2.24) is 15.5 Å². The highest BCUT2D eigenvalue weighted by Crippen LogP contribution is 2.33. The van der Waals surface area contributed by atoms with Crippen LogP contribution in [0.15, 0.2) is 0 Å². The summed E-state index contributed by atoms with van der Waals surface area (Å²) in [5.74, 6) is 0.582. The fourth-order valence-corrected chi connectivity index (χ4v) is 4.67. The Kier molecular flexibility index (Phi) is 5.35. The van der Waals surface area contributed by atoms with Gasteiger partial charge in [-0.05, 0) is 31.1 Å². The van der Waals surface area contributed by atoms with Crippen LogP contribution in [0.5, 0.6) is 0 Å². The Labute approximate surface area is 150 Å². The van der Waals surface area contributed by atoms with Gasteiger partial charge in [0.05, 0.1) is 0 Å². The monoisotopic (exact) mass is 349 g/mol. The van der Waals surface area contributed by atoms with E-state index < -0.39 is 11.6 Å². The zero-order valence-corrected chi connectivity index (χ0v) is 15.5. The van der Waals surface area contributed by atoms with Crippen LogP contribution < -0.4 is 10.6 Å². The van der Waals surface area contributed by atoms with Crippen LogP contribution in [0.4, 0.5) is 4.79 Å². The van der Waals surface area contributed by atoms with Crippen molar-refractivity contribution in [2.45, 2.75) is 83.2 Å². The number of urea groups is 1. The predicted molar refractivity (Wildman–Crippen MR) is 94.8 cm³/mol. The Morgan fingerprint density at radius 1 is 1.12 bits per heavy atom. The lowest BCUT2D eigenvalue weighted by Crippen LogP contribution is -2.49. The minimum absolute atomic E-state index is 0.142. The van der Waals surface area contributed by atoms with Crippen molar-refractivity contribution in [3.05, 3.63) is 0 Å². The van der Waals surface area contributed by atoms with Gasteiger partial charge in [0.25, 0.3) is 5.91 Å². The van der Waals surface area contributed by atoms with Gasteiger partial charge < -0.3 is 10.6 Å². The van der Waals surface area contributed by atoms with E-state index in [-0.39, 0.29) is 24.4 Å². The van der Waals surface area contributed by atoms with Gasteiger partial charge in [-0.1, -0.05) is 52.4 Å². The number of rotatable bonds is 3. The summed E-state index contributed by atoms with van der Waals surface area (Å²) in [5.41, 5.74) is -0.763. The molecule has 1 spiro atoms. The number of nitrogens with zero attached hydrogens (tertiary/aromatic N) is 1. The average molecular weight is 349 g/mol. The molecule has 6 nitrogen and oxygen atoms in total. The van der Waals surface area contributed by atoms with E-state index in [1.54, 1.807) is 0 Å². The van der Waals surface area contributed by atoms with Crippen LogP contribution in [-0.4, -0.2) is 40.9 Å². The largest absolute Gasteiger partial charge is 0.352 e. The Morgan fingerprint density at radius 3 is 2.48 bits per heavy atom. The normalized spacial score (nSPS) is 32.4. The average Bonchev–Trinajstić information content (AvgIpc) is 2.74. The Balaban J connectivity index is 1.61. The molecular formula is C19H31N3O3. The highest BCUT2D eigenvalue weighted by Gasteiger charge is 2.51. The molecule has 140 valence electrons. The third kappa shape index (κ3) is 3.67. The molecule has 3 aliphatic rings. The van der Waals surface area contributed by atoms with Crippen LogP contribution in [0.1, 0.15) is 71.6 Å². The fourth-order valence-electron chi connectivity index (χ4n) is 4.67. The summed E-state index contributed by atoms with van der Waals surface area (Å²) in [6.45, 7) is 4.23. The standard InChI is InChI=1S/C19H31N3O3/c1-13-8-7-9-15(14(13)2)20-16(23)12-22-17(24)19(21-18(22)25)10-5-3-4-6-11-19/h13-15H,3-12H2,1-2H3,(H,20,23)(H,21,25)/t13-,14+,15-/m0/s1. The van der Waals surface area contributed by atoms with E-state index >= 15 is 0 Å². The lowest BCUT2D eigenvalue weighted by molar-refractivity contribution is -0.135. The van der Waals surface area contributed by atoms with Gasteiger partial charge in [-0.2, -0.15) is 0 Å². The fraction of sp³-hybridized carbons (Fsp3) is 0.842. The molecule has 0 aromatic carbocycles. The number of amides is 4. The number of nitrogens with one attached hydrogen (secondary N) is 2. The lowest BCUT2D eigenvalue weighted by Gasteiger charge is -2.34. The van der Waals surface area contributed by atoms with Crippen LogP contribution in [0.25, 0.3) is 0 Å². The van der Waals surface area contributed by atoms with Gasteiger partial charge in [-0.25, -0.2) is 4.79 Å². The van der Waals surface area contributed by atoms with E-state index in [2.05, 4.69) is 24.5 Å². The third-order valence-corrected chi connectivity index (χ3v) is 6.56. The first-order valence-electron chi connectivity index (χ1n) is 9.86. The van der Waals surface area contributed by atoms with Gasteiger partial charge in [0.2, 0.25) is 5.91 Å². The van der Waals surface area contributed by atoms with Crippen LogP contribution in [-0.2, 0) is 9.59 Å². The zero-order chi connectivity index (χ0) is 18.0. The smallest absolute Gasteiger partial charge is 0.325 e. The molecule has 2 N–H and O–H groups in total. The van der Waals surface area contributed by atoms with Crippen molar-refractivity contribution in [1.29, 1.82) is 0 Å². The van der Waals surface area contributed by atoms with Crippen LogP contribution in [0.2, 0.25) is 0 Å². The number of hydrogen-bond acceptors (Lipinski definition) is 3. The van der Waals surface area contributed by atoms with E-state index in [1.165, 1.54) is 6.42 Å². The number of carbonyl (C=O) groups is 3. The topological polar surface area (TPSA) is 78.5 Å². The van der Waals surface area contributed by atoms with E-state index in [1.807, 2.05) is 0 Å². The summed E-state index contributed by atoms with van der Waals surface area (Å²) < 4.78 is 0. The molecular weight excluding hydrogens is 318 g/mol. The van der Waals surface area contributed by atoms with E-state index in [9.17, 15) is 14.4 Å². The van der Waals surface area contributed by atoms with Gasteiger partial charge in [0, 0.05) is 6.04 Å². The molecule has 25 heavy (non-hydrogen) atoms. The van der Waals surface area contributed by atoms with Crippen molar-refractivity contribution < 1.29 is 14.4 Å². The second-order valence-corrected chi connectivity index (χ2v) is 8.26. The Bertz CT molecular complexity index is 540. The molecule has 0 aromatic rings. The van der Waals surface area contributed by atoms with Crippen LogP contribution in [0.3, 0.4) is 0 Å². The molecule has 6 heteroatoms. The summed E-state index contributed by atoms with van der Waals surface area (Å²) in [6.07, 6.45) is 8.76. The first kappa shape index (κ1) is 18.2. The minimum Gasteiger partial charge on any atom is -0.352 e. The van der Waals surface area contributed by atoms with Crippen molar-refractivity contribution >= 4 is 17.8 Å². The van der Waals surface area contributed by atoms with Crippen LogP contribution in [0, 0.1) is 11.8 Å². The summed E-state index contributed by atoms with van der Waals surface area (Å²) in [5, 5.41) is 5.95. The van der Waals surface area contributed by atoms with E-state index in [4.69, 9.17) is 0 Å². The molecule has 0 bridgehead atoms. The van der Waals surface area contributed by atoms with Crippen molar-refractivity contribution in [2.75, 3.05) is 6.54 Å². The quantitative estimate of drug-likeness (QED) is 0.769. The third-order valence-electron chi connectivity index (χ3n) is 6.56. The van der Waals surface area contributed by atoms with Gasteiger partial charge in [0.15, 0.2) is 0 Å². The Hall–Kier alpha value is -1.59. The SMILES string of the molecule is C[C@H]1[C@@H](NC(=O)CN2C(=O)NC3(CCCCCC3)C2=O)CCC[C@@H]1C. The molecule has 1 aliphatic heterocycles. The molecule has 3 rings (SSSR count). The summed E-state index contributed by atoms with van der Waals surface area (Å²) >= 11 is 0. The van der Waals surface area contributed by atoms with Crippen molar-refractivity contribution in [3.8, 4) is 0 Å². The molecule has 0 unspecified atom stereocenters. The number of imide groups is 1. The van der Waals surface area contributed by atoms with Crippen molar-refractivity contribution in [2.24, 2.45) is 11.8 Å². The molecule has 2 aliphatic carbocycles. The molecule has 0 radical (unpaired) electrons. The summed E-state index contributed by atoms with van der Waals surface area (Å²) in [6, 6.07) is -0.268. The molecule has 2 saturated carbocycles. The summed E-state index contributed by atoms with van der Waals surface area (Å²) in [4.78, 5) is 38.8. The maximum absolute atomic E-state index is 12.9. The lowest BCUT2D eigenvalue weighted by atomic mass is 9.78. The predicted octanol–water partition coefficient (Wildman–Crippen LogP) is 2.57. The molecule has 1 heterocycles. The highest BCUT2D eigenvalue weighted by atomic mass is 16.2. The molecule has 4 amide bonds. The first-order chi connectivity index (χ1) is 11.9. The van der Waals surface area contributed by atoms with E-state index in [0.717, 1.165) is 43.4 Å². The second-order valence-electron chi connectivity index (χ2n) is 8.26. The summed E-state index contributed by atoms with van der Waals surface area (Å²) in [7, 11) is 0. The molecule has 0 aromatic heterocycles. The molecule has 3 fully saturated rings. The number of carbonyl (C=O) groups excluding carboxylic acids is 3. The number of hydrogen-bond donors (Lipinski definition) is 2. The van der Waals surface area contributed by atoms with Crippen molar-refractivity contribution in [3.63, 3.8) is 0 Å². The first-order valence-corrected chi connectivity index (χ1v) is 9.86.